The Bertz CT molecular complexity index is 416. The van der Waals surface area contributed by atoms with E-state index in [0.29, 0.717) is 5.92 Å². The smallest absolute Gasteiger partial charge is 0.410 e. The Balaban J connectivity index is 1.77. The normalized spacial score (nSPS) is 34.9. The van der Waals surface area contributed by atoms with Crippen molar-refractivity contribution in [3.63, 3.8) is 0 Å². The van der Waals surface area contributed by atoms with Gasteiger partial charge in [0.1, 0.15) is 5.60 Å². The number of carbonyl (C=O) groups is 1. The van der Waals surface area contributed by atoms with Crippen molar-refractivity contribution in [1.29, 1.82) is 0 Å². The van der Waals surface area contributed by atoms with Gasteiger partial charge in [-0.05, 0) is 59.4 Å². The fourth-order valence-electron chi connectivity index (χ4n) is 3.98. The van der Waals surface area contributed by atoms with Crippen LogP contribution in [0.2, 0.25) is 0 Å². The second-order valence-electron chi connectivity index (χ2n) is 7.94. The van der Waals surface area contributed by atoms with Gasteiger partial charge in [-0.25, -0.2) is 4.79 Å². The lowest BCUT2D eigenvalue weighted by molar-refractivity contribution is -0.0514. The van der Waals surface area contributed by atoms with Crippen LogP contribution in [-0.2, 0) is 4.74 Å². The Morgan fingerprint density at radius 2 is 1.90 bits per heavy atom. The maximum Gasteiger partial charge on any atom is 0.410 e. The topological polar surface area (TPSA) is 53.0 Å². The number of piperazine rings is 1. The van der Waals surface area contributed by atoms with Gasteiger partial charge in [0.05, 0.1) is 18.2 Å². The van der Waals surface area contributed by atoms with Gasteiger partial charge in [-0.15, -0.1) is 0 Å². The van der Waals surface area contributed by atoms with Gasteiger partial charge >= 0.3 is 6.09 Å². The summed E-state index contributed by atoms with van der Waals surface area (Å²) < 4.78 is 5.58. The number of aliphatic hydroxyl groups excluding tert-OH is 1. The number of aliphatic hydroxyl groups is 1. The first-order valence-corrected chi connectivity index (χ1v) is 8.17. The molecule has 0 unspecified atom stereocenters. The van der Waals surface area contributed by atoms with Gasteiger partial charge < -0.3 is 9.84 Å². The second kappa shape index (κ2) is 5.13. The molecule has 0 spiro atoms. The third-order valence-corrected chi connectivity index (χ3v) is 5.01. The highest BCUT2D eigenvalue weighted by Crippen LogP contribution is 2.42. The second-order valence-corrected chi connectivity index (χ2v) is 7.94. The molecule has 120 valence electrons. The highest BCUT2D eigenvalue weighted by Gasteiger charge is 2.52. The van der Waals surface area contributed by atoms with Crippen molar-refractivity contribution in [1.82, 2.24) is 9.80 Å². The molecule has 2 bridgehead atoms. The predicted molar refractivity (Wildman–Crippen MR) is 80.0 cm³/mol. The zero-order chi connectivity index (χ0) is 15.4. The molecule has 2 aliphatic heterocycles. The summed E-state index contributed by atoms with van der Waals surface area (Å²) >= 11 is 0. The molecule has 3 aliphatic rings. The van der Waals surface area contributed by atoms with Crippen LogP contribution >= 0.6 is 0 Å². The molecule has 1 N–H and O–H groups in total. The van der Waals surface area contributed by atoms with Crippen molar-refractivity contribution in [2.75, 3.05) is 13.6 Å². The SMILES string of the molecule is CN1C[C@H]2CC[C@@H]([C@H]1[C@@H](O)C1CC1)N2C(=O)OC(C)(C)C. The first kappa shape index (κ1) is 15.1. The zero-order valence-corrected chi connectivity index (χ0v) is 13.6. The molecule has 2 heterocycles. The number of fused-ring (bicyclic) bond motifs is 2. The van der Waals surface area contributed by atoms with Gasteiger partial charge in [0, 0.05) is 12.6 Å². The standard InChI is InChI=1S/C16H28N2O3/c1-16(2,3)21-15(20)18-11-7-8-12(18)13(17(4)9-11)14(19)10-5-6-10/h10-14,19H,5-9H2,1-4H3/t11-,12+,13+,14+/m1/s1. The fraction of sp³-hybridized carbons (Fsp3) is 0.938. The Kier molecular flexibility index (Phi) is 3.69. The van der Waals surface area contributed by atoms with Crippen molar-refractivity contribution in [3.05, 3.63) is 0 Å². The third-order valence-electron chi connectivity index (χ3n) is 5.01. The van der Waals surface area contributed by atoms with Crippen LogP contribution < -0.4 is 0 Å². The summed E-state index contributed by atoms with van der Waals surface area (Å²) in [6.07, 6.45) is 3.70. The highest BCUT2D eigenvalue weighted by molar-refractivity contribution is 5.70. The van der Waals surface area contributed by atoms with Crippen LogP contribution in [0.4, 0.5) is 4.79 Å². The fourth-order valence-corrected chi connectivity index (χ4v) is 3.98. The first-order valence-electron chi connectivity index (χ1n) is 8.17. The molecule has 1 aliphatic carbocycles. The molecule has 1 saturated carbocycles. The van der Waals surface area contributed by atoms with Gasteiger partial charge in [-0.3, -0.25) is 9.80 Å². The largest absolute Gasteiger partial charge is 0.444 e. The number of hydrogen-bond donors (Lipinski definition) is 1. The minimum absolute atomic E-state index is 0.0590. The summed E-state index contributed by atoms with van der Waals surface area (Å²) in [5.41, 5.74) is -0.468. The Morgan fingerprint density at radius 3 is 2.48 bits per heavy atom. The predicted octanol–water partition coefficient (Wildman–Crippen LogP) is 1.84. The molecule has 3 rings (SSSR count). The quantitative estimate of drug-likeness (QED) is 0.845. The zero-order valence-electron chi connectivity index (χ0n) is 13.6. The van der Waals surface area contributed by atoms with Crippen molar-refractivity contribution >= 4 is 6.09 Å². The van der Waals surface area contributed by atoms with Crippen molar-refractivity contribution < 1.29 is 14.6 Å². The van der Waals surface area contributed by atoms with E-state index in [-0.39, 0.29) is 30.3 Å². The lowest BCUT2D eigenvalue weighted by atomic mass is 9.95. The van der Waals surface area contributed by atoms with E-state index in [1.165, 1.54) is 0 Å². The van der Waals surface area contributed by atoms with Gasteiger partial charge in [0.15, 0.2) is 0 Å². The van der Waals surface area contributed by atoms with Crippen LogP contribution in [0.15, 0.2) is 0 Å². The molecule has 0 aromatic heterocycles. The van der Waals surface area contributed by atoms with Gasteiger partial charge in [-0.1, -0.05) is 0 Å². The number of ether oxygens (including phenoxy) is 1. The average molecular weight is 296 g/mol. The molecule has 5 heteroatoms. The molecule has 1 amide bonds. The van der Waals surface area contributed by atoms with E-state index < -0.39 is 5.60 Å². The molecule has 5 nitrogen and oxygen atoms in total. The molecule has 0 aromatic rings. The number of carbonyl (C=O) groups excluding carboxylic acids is 1. The number of likely N-dealkylation sites (tertiary alicyclic amines) is 1. The van der Waals surface area contributed by atoms with E-state index in [0.717, 1.165) is 32.2 Å². The minimum atomic E-state index is -0.468. The summed E-state index contributed by atoms with van der Waals surface area (Å²) in [5, 5.41) is 10.6. The average Bonchev–Trinajstić information content (AvgIpc) is 3.12. The van der Waals surface area contributed by atoms with Gasteiger partial charge in [-0.2, -0.15) is 0 Å². The van der Waals surface area contributed by atoms with Gasteiger partial charge in [0.25, 0.3) is 0 Å². The molecule has 4 atom stereocenters. The summed E-state index contributed by atoms with van der Waals surface area (Å²) in [6.45, 7) is 6.54. The Labute approximate surface area is 127 Å². The molecule has 2 saturated heterocycles. The number of hydrogen-bond acceptors (Lipinski definition) is 4. The summed E-state index contributed by atoms with van der Waals surface area (Å²) in [7, 11) is 2.08. The van der Waals surface area contributed by atoms with Crippen molar-refractivity contribution in [2.45, 2.75) is 76.3 Å². The minimum Gasteiger partial charge on any atom is -0.444 e. The Morgan fingerprint density at radius 1 is 1.24 bits per heavy atom. The first-order chi connectivity index (χ1) is 9.78. The van der Waals surface area contributed by atoms with Gasteiger partial charge in [0.2, 0.25) is 0 Å². The molecule has 0 radical (unpaired) electrons. The van der Waals surface area contributed by atoms with Crippen LogP contribution in [0.3, 0.4) is 0 Å². The van der Waals surface area contributed by atoms with Crippen molar-refractivity contribution in [2.24, 2.45) is 5.92 Å². The van der Waals surface area contributed by atoms with Crippen molar-refractivity contribution in [3.8, 4) is 0 Å². The van der Waals surface area contributed by atoms with E-state index in [1.807, 2.05) is 25.7 Å². The summed E-state index contributed by atoms with van der Waals surface area (Å²) in [5.74, 6) is 0.426. The number of rotatable bonds is 2. The molecular weight excluding hydrogens is 268 g/mol. The Hall–Kier alpha value is -0.810. The van der Waals surface area contributed by atoms with Crippen LogP contribution in [0.5, 0.6) is 0 Å². The number of likely N-dealkylation sites (N-methyl/N-ethyl adjacent to an activating group) is 1. The maximum absolute atomic E-state index is 12.5. The molecule has 21 heavy (non-hydrogen) atoms. The lowest BCUT2D eigenvalue weighted by Gasteiger charge is -2.47. The maximum atomic E-state index is 12.5. The van der Waals surface area contributed by atoms with Crippen LogP contribution in [0.25, 0.3) is 0 Å². The lowest BCUT2D eigenvalue weighted by Crippen LogP contribution is -2.64. The van der Waals surface area contributed by atoms with Crippen LogP contribution in [0.1, 0.15) is 46.5 Å². The van der Waals surface area contributed by atoms with E-state index in [1.54, 1.807) is 0 Å². The molecule has 0 aromatic carbocycles. The molecular formula is C16H28N2O3. The summed E-state index contributed by atoms with van der Waals surface area (Å²) in [4.78, 5) is 16.7. The van der Waals surface area contributed by atoms with E-state index in [9.17, 15) is 9.90 Å². The van der Waals surface area contributed by atoms with Crippen LogP contribution in [-0.4, -0.2) is 64.4 Å². The number of nitrogens with zero attached hydrogens (tertiary/aromatic N) is 2. The monoisotopic (exact) mass is 296 g/mol. The summed E-state index contributed by atoms with van der Waals surface area (Å²) in [6, 6.07) is 0.389. The number of amides is 1. The van der Waals surface area contributed by atoms with E-state index in [4.69, 9.17) is 4.74 Å². The van der Waals surface area contributed by atoms with Crippen LogP contribution in [0, 0.1) is 5.92 Å². The van der Waals surface area contributed by atoms with E-state index >= 15 is 0 Å². The highest BCUT2D eigenvalue weighted by atomic mass is 16.6. The third kappa shape index (κ3) is 2.90. The molecule has 3 fully saturated rings. The van der Waals surface area contributed by atoms with E-state index in [2.05, 4.69) is 11.9 Å².